The molecular weight excluding hydrogens is 390 g/mol. The molecule has 0 aliphatic heterocycles. The second-order valence-corrected chi connectivity index (χ2v) is 6.83. The third kappa shape index (κ3) is 5.28. The number of ketones is 1. The zero-order chi connectivity index (χ0) is 21.5. The molecular formula is C26H21NO4. The average molecular weight is 411 g/mol. The lowest BCUT2D eigenvalue weighted by Gasteiger charge is -2.04. The number of carbonyl (C=O) groups is 1. The van der Waals surface area contributed by atoms with Gasteiger partial charge >= 0.3 is 0 Å². The van der Waals surface area contributed by atoms with Gasteiger partial charge in [-0.1, -0.05) is 41.6 Å². The number of hydrogen-bond acceptors (Lipinski definition) is 5. The van der Waals surface area contributed by atoms with E-state index in [2.05, 4.69) is 5.16 Å². The fraction of sp³-hybridized carbons (Fsp3) is 0.0769. The zero-order valence-corrected chi connectivity index (χ0v) is 17.0. The van der Waals surface area contributed by atoms with Gasteiger partial charge in [0.2, 0.25) is 0 Å². The highest BCUT2D eigenvalue weighted by Crippen LogP contribution is 2.23. The molecule has 0 aliphatic rings. The Bertz CT molecular complexity index is 1160. The normalized spacial score (nSPS) is 10.9. The number of benzene rings is 3. The van der Waals surface area contributed by atoms with E-state index >= 15 is 0 Å². The van der Waals surface area contributed by atoms with E-state index in [1.165, 1.54) is 0 Å². The maximum Gasteiger partial charge on any atom is 0.185 e. The highest BCUT2D eigenvalue weighted by molar-refractivity contribution is 6.06. The lowest BCUT2D eigenvalue weighted by molar-refractivity contribution is 0.104. The van der Waals surface area contributed by atoms with Crippen molar-refractivity contribution in [2.45, 2.75) is 6.61 Å². The van der Waals surface area contributed by atoms with E-state index < -0.39 is 0 Å². The minimum atomic E-state index is -0.0604. The molecule has 1 aromatic heterocycles. The predicted octanol–water partition coefficient (Wildman–Crippen LogP) is 5.83. The number of methoxy groups -OCH3 is 1. The van der Waals surface area contributed by atoms with Crippen molar-refractivity contribution in [3.63, 3.8) is 0 Å². The van der Waals surface area contributed by atoms with Gasteiger partial charge in [-0.2, -0.15) is 0 Å². The first kappa shape index (κ1) is 20.2. The highest BCUT2D eigenvalue weighted by Gasteiger charge is 2.08. The summed E-state index contributed by atoms with van der Waals surface area (Å²) >= 11 is 0. The molecule has 3 aromatic carbocycles. The Balaban J connectivity index is 1.34. The van der Waals surface area contributed by atoms with Gasteiger partial charge < -0.3 is 14.0 Å². The molecule has 154 valence electrons. The molecule has 1 heterocycles. The minimum absolute atomic E-state index is 0.0604. The van der Waals surface area contributed by atoms with Gasteiger partial charge in [0.1, 0.15) is 23.8 Å². The molecule has 0 spiro atoms. The standard InChI is InChI=1S/C26H21NO4/c1-29-22-12-8-20(9-13-22)25-17-24(31-27-25)18-30-23-14-10-21(11-15-23)26(28)16-7-19-5-3-2-4-6-19/h2-17H,18H2,1H3. The van der Waals surface area contributed by atoms with Crippen molar-refractivity contribution >= 4 is 11.9 Å². The molecule has 5 heteroatoms. The summed E-state index contributed by atoms with van der Waals surface area (Å²) in [5.74, 6) is 1.98. The molecule has 4 aromatic rings. The molecule has 0 bridgehead atoms. The van der Waals surface area contributed by atoms with Gasteiger partial charge in [-0.3, -0.25) is 4.79 Å². The molecule has 0 saturated carbocycles. The number of nitrogens with zero attached hydrogens (tertiary/aromatic N) is 1. The Kier molecular flexibility index (Phi) is 6.24. The number of carbonyl (C=O) groups excluding carboxylic acids is 1. The topological polar surface area (TPSA) is 61.6 Å². The van der Waals surface area contributed by atoms with E-state index in [9.17, 15) is 4.79 Å². The molecule has 0 fully saturated rings. The maximum atomic E-state index is 12.3. The minimum Gasteiger partial charge on any atom is -0.497 e. The molecule has 0 amide bonds. The van der Waals surface area contributed by atoms with Gasteiger partial charge in [-0.05, 0) is 60.2 Å². The van der Waals surface area contributed by atoms with Crippen molar-refractivity contribution in [2.75, 3.05) is 7.11 Å². The van der Waals surface area contributed by atoms with Crippen LogP contribution >= 0.6 is 0 Å². The van der Waals surface area contributed by atoms with Crippen LogP contribution in [0.15, 0.2) is 95.5 Å². The largest absolute Gasteiger partial charge is 0.497 e. The fourth-order valence-electron chi connectivity index (χ4n) is 2.98. The Morgan fingerprint density at radius 3 is 2.35 bits per heavy atom. The van der Waals surface area contributed by atoms with Crippen LogP contribution in [0.3, 0.4) is 0 Å². The van der Waals surface area contributed by atoms with Gasteiger partial charge in [0.05, 0.1) is 7.11 Å². The first-order chi connectivity index (χ1) is 15.2. The van der Waals surface area contributed by atoms with Crippen LogP contribution in [0.1, 0.15) is 21.7 Å². The van der Waals surface area contributed by atoms with E-state index in [-0.39, 0.29) is 12.4 Å². The lowest BCUT2D eigenvalue weighted by Crippen LogP contribution is -1.96. The van der Waals surface area contributed by atoms with Gasteiger partial charge in [0, 0.05) is 17.2 Å². The maximum absolute atomic E-state index is 12.3. The van der Waals surface area contributed by atoms with E-state index in [1.54, 1.807) is 43.5 Å². The van der Waals surface area contributed by atoms with Gasteiger partial charge in [0.15, 0.2) is 11.5 Å². The average Bonchev–Trinajstić information content (AvgIpc) is 3.31. The van der Waals surface area contributed by atoms with E-state index in [1.807, 2.05) is 60.7 Å². The van der Waals surface area contributed by atoms with E-state index in [0.29, 0.717) is 17.1 Å². The van der Waals surface area contributed by atoms with Gasteiger partial charge in [0.25, 0.3) is 0 Å². The summed E-state index contributed by atoms with van der Waals surface area (Å²) in [4.78, 5) is 12.3. The van der Waals surface area contributed by atoms with Gasteiger partial charge in [-0.25, -0.2) is 0 Å². The fourth-order valence-corrected chi connectivity index (χ4v) is 2.98. The Morgan fingerprint density at radius 1 is 0.935 bits per heavy atom. The van der Waals surface area contributed by atoms with Crippen molar-refractivity contribution in [1.82, 2.24) is 5.16 Å². The van der Waals surface area contributed by atoms with Crippen LogP contribution in [-0.2, 0) is 6.61 Å². The Hall–Kier alpha value is -4.12. The van der Waals surface area contributed by atoms with E-state index in [4.69, 9.17) is 14.0 Å². The summed E-state index contributed by atoms with van der Waals surface area (Å²) in [5.41, 5.74) is 3.24. The molecule has 0 radical (unpaired) electrons. The van der Waals surface area contributed by atoms with Crippen molar-refractivity contribution in [2.24, 2.45) is 0 Å². The van der Waals surface area contributed by atoms with E-state index in [0.717, 1.165) is 22.6 Å². The summed E-state index contributed by atoms with van der Waals surface area (Å²) < 4.78 is 16.3. The number of allylic oxidation sites excluding steroid dienone is 1. The third-order valence-corrected chi connectivity index (χ3v) is 4.69. The van der Waals surface area contributed by atoms with Crippen molar-refractivity contribution in [3.8, 4) is 22.8 Å². The third-order valence-electron chi connectivity index (χ3n) is 4.69. The van der Waals surface area contributed by atoms with Crippen molar-refractivity contribution < 1.29 is 18.8 Å². The number of rotatable bonds is 8. The molecule has 31 heavy (non-hydrogen) atoms. The van der Waals surface area contributed by atoms with Crippen LogP contribution in [0.5, 0.6) is 11.5 Å². The molecule has 0 saturated heterocycles. The Labute approximate surface area is 180 Å². The highest BCUT2D eigenvalue weighted by atomic mass is 16.5. The first-order valence-corrected chi connectivity index (χ1v) is 9.81. The summed E-state index contributed by atoms with van der Waals surface area (Å²) in [7, 11) is 1.63. The number of aromatic nitrogens is 1. The van der Waals surface area contributed by atoms with Crippen molar-refractivity contribution in [1.29, 1.82) is 0 Å². The zero-order valence-electron chi connectivity index (χ0n) is 17.0. The van der Waals surface area contributed by atoms with Crippen LogP contribution < -0.4 is 9.47 Å². The van der Waals surface area contributed by atoms with Crippen LogP contribution in [0.2, 0.25) is 0 Å². The van der Waals surface area contributed by atoms with Crippen LogP contribution in [0.25, 0.3) is 17.3 Å². The molecule has 4 rings (SSSR count). The second-order valence-electron chi connectivity index (χ2n) is 6.83. The monoisotopic (exact) mass is 411 g/mol. The number of ether oxygens (including phenoxy) is 2. The molecule has 0 N–H and O–H groups in total. The van der Waals surface area contributed by atoms with Crippen LogP contribution in [0.4, 0.5) is 0 Å². The smallest absolute Gasteiger partial charge is 0.185 e. The van der Waals surface area contributed by atoms with Crippen molar-refractivity contribution in [3.05, 3.63) is 108 Å². The predicted molar refractivity (Wildman–Crippen MR) is 119 cm³/mol. The molecule has 0 atom stereocenters. The summed E-state index contributed by atoms with van der Waals surface area (Å²) in [5, 5.41) is 4.09. The SMILES string of the molecule is COc1ccc(-c2cc(COc3ccc(C(=O)C=Cc4ccccc4)cc3)on2)cc1. The van der Waals surface area contributed by atoms with Crippen LogP contribution in [0, 0.1) is 0 Å². The summed E-state index contributed by atoms with van der Waals surface area (Å²) in [6.07, 6.45) is 3.37. The Morgan fingerprint density at radius 2 is 1.65 bits per heavy atom. The second kappa shape index (κ2) is 9.59. The van der Waals surface area contributed by atoms with Gasteiger partial charge in [-0.15, -0.1) is 0 Å². The first-order valence-electron chi connectivity index (χ1n) is 9.81. The molecule has 0 unspecified atom stereocenters. The molecule has 0 aliphatic carbocycles. The number of hydrogen-bond donors (Lipinski definition) is 0. The lowest BCUT2D eigenvalue weighted by atomic mass is 10.1. The summed E-state index contributed by atoms with van der Waals surface area (Å²) in [6, 6.07) is 26.2. The quantitative estimate of drug-likeness (QED) is 0.270. The van der Waals surface area contributed by atoms with Crippen LogP contribution in [-0.4, -0.2) is 18.0 Å². The summed E-state index contributed by atoms with van der Waals surface area (Å²) in [6.45, 7) is 0.240. The molecule has 5 nitrogen and oxygen atoms in total.